The highest BCUT2D eigenvalue weighted by Crippen LogP contribution is 2.33. The van der Waals surface area contributed by atoms with Crippen LogP contribution >= 0.6 is 22.9 Å². The molecule has 0 atom stereocenters. The molecular formula is C24H22ClN3O4S. The van der Waals surface area contributed by atoms with Crippen molar-refractivity contribution in [2.45, 2.75) is 6.92 Å². The maximum Gasteiger partial charge on any atom is 0.275 e. The van der Waals surface area contributed by atoms with Crippen LogP contribution < -0.4 is 15.0 Å². The van der Waals surface area contributed by atoms with Gasteiger partial charge in [-0.15, -0.1) is 11.3 Å². The quantitative estimate of drug-likeness (QED) is 0.383. The average Bonchev–Trinajstić information content (AvgIpc) is 3.28. The summed E-state index contributed by atoms with van der Waals surface area (Å²) in [6.45, 7) is 2.39. The van der Waals surface area contributed by atoms with Crippen LogP contribution in [0.25, 0.3) is 26.3 Å². The molecule has 0 spiro atoms. The normalized spacial score (nSPS) is 10.9. The lowest BCUT2D eigenvalue weighted by molar-refractivity contribution is -0.131. The van der Waals surface area contributed by atoms with Crippen molar-refractivity contribution in [3.05, 3.63) is 70.2 Å². The third kappa shape index (κ3) is 4.72. The lowest BCUT2D eigenvalue weighted by atomic mass is 10.2. The number of hydrogen-bond acceptors (Lipinski definition) is 6. The Hall–Kier alpha value is -3.36. The summed E-state index contributed by atoms with van der Waals surface area (Å²) in [4.78, 5) is 32.2. The van der Waals surface area contributed by atoms with Gasteiger partial charge in [0.2, 0.25) is 0 Å². The number of nitrogens with zero attached hydrogens (tertiary/aromatic N) is 3. The summed E-state index contributed by atoms with van der Waals surface area (Å²) in [7, 11) is 3.22. The number of amides is 1. The predicted octanol–water partition coefficient (Wildman–Crippen LogP) is 4.63. The van der Waals surface area contributed by atoms with Crippen molar-refractivity contribution >= 4 is 39.1 Å². The first kappa shape index (κ1) is 22.8. The van der Waals surface area contributed by atoms with Crippen LogP contribution in [0.3, 0.4) is 0 Å². The number of rotatable bonds is 7. The molecule has 0 fully saturated rings. The number of ether oxygens (including phenoxy) is 2. The number of methoxy groups -OCH3 is 1. The molecule has 33 heavy (non-hydrogen) atoms. The SMILES string of the molecule is CCN(C)C(=O)COc1ccc(-n2cnc3cc(-c4ccc(Cl)cc4)sc3c2=O)cc1OC. The predicted molar refractivity (Wildman–Crippen MR) is 131 cm³/mol. The van der Waals surface area contributed by atoms with Crippen LogP contribution in [0, 0.1) is 0 Å². The topological polar surface area (TPSA) is 73.7 Å². The smallest absolute Gasteiger partial charge is 0.275 e. The Morgan fingerprint density at radius 3 is 2.61 bits per heavy atom. The first-order valence-electron chi connectivity index (χ1n) is 10.2. The summed E-state index contributed by atoms with van der Waals surface area (Å²) >= 11 is 7.37. The van der Waals surface area contributed by atoms with E-state index in [0.29, 0.717) is 39.0 Å². The molecule has 0 bridgehead atoms. The third-order valence-corrected chi connectivity index (χ3v) is 6.66. The fourth-order valence-corrected chi connectivity index (χ4v) is 4.38. The minimum absolute atomic E-state index is 0.101. The lowest BCUT2D eigenvalue weighted by Crippen LogP contribution is -2.31. The molecule has 0 unspecified atom stereocenters. The largest absolute Gasteiger partial charge is 0.493 e. The van der Waals surface area contributed by atoms with Crippen LogP contribution in [0.2, 0.25) is 5.02 Å². The summed E-state index contributed by atoms with van der Waals surface area (Å²) in [6, 6.07) is 14.5. The van der Waals surface area contributed by atoms with Crippen molar-refractivity contribution < 1.29 is 14.3 Å². The number of aromatic nitrogens is 2. The molecule has 0 saturated carbocycles. The maximum atomic E-state index is 13.2. The molecule has 4 rings (SSSR count). The zero-order chi connectivity index (χ0) is 23.5. The van der Waals surface area contributed by atoms with Crippen LogP contribution in [0.1, 0.15) is 6.92 Å². The number of carbonyl (C=O) groups is 1. The van der Waals surface area contributed by atoms with Crippen molar-refractivity contribution in [2.75, 3.05) is 27.3 Å². The standard InChI is InChI=1S/C24H22ClN3O4S/c1-4-27(2)22(29)13-32-19-10-9-17(11-20(19)31-3)28-14-26-18-12-21(33-23(18)24(28)30)15-5-7-16(25)8-6-15/h5-12,14H,4,13H2,1-3H3. The molecule has 7 nitrogen and oxygen atoms in total. The Balaban J connectivity index is 1.65. The Kier molecular flexibility index (Phi) is 6.67. The highest BCUT2D eigenvalue weighted by molar-refractivity contribution is 7.22. The number of hydrogen-bond donors (Lipinski definition) is 0. The number of carbonyl (C=O) groups excluding carboxylic acids is 1. The van der Waals surface area contributed by atoms with E-state index in [1.54, 1.807) is 30.1 Å². The van der Waals surface area contributed by atoms with Gasteiger partial charge >= 0.3 is 0 Å². The van der Waals surface area contributed by atoms with E-state index in [4.69, 9.17) is 21.1 Å². The van der Waals surface area contributed by atoms with E-state index < -0.39 is 0 Å². The number of fused-ring (bicyclic) bond motifs is 1. The van der Waals surface area contributed by atoms with Gasteiger partial charge < -0.3 is 14.4 Å². The second kappa shape index (κ2) is 9.64. The molecule has 0 N–H and O–H groups in total. The minimum atomic E-state index is -0.180. The molecule has 2 aromatic heterocycles. The number of likely N-dealkylation sites (N-methyl/N-ethyl adjacent to an activating group) is 1. The Morgan fingerprint density at radius 1 is 1.15 bits per heavy atom. The van der Waals surface area contributed by atoms with Crippen LogP contribution in [-0.2, 0) is 4.79 Å². The van der Waals surface area contributed by atoms with Gasteiger partial charge in [0, 0.05) is 29.6 Å². The highest BCUT2D eigenvalue weighted by atomic mass is 35.5. The van der Waals surface area contributed by atoms with E-state index in [9.17, 15) is 9.59 Å². The first-order chi connectivity index (χ1) is 15.9. The van der Waals surface area contributed by atoms with Crippen molar-refractivity contribution in [3.8, 4) is 27.6 Å². The molecule has 1 amide bonds. The first-order valence-corrected chi connectivity index (χ1v) is 11.4. The van der Waals surface area contributed by atoms with Crippen molar-refractivity contribution in [1.82, 2.24) is 14.5 Å². The average molecular weight is 484 g/mol. The van der Waals surface area contributed by atoms with E-state index >= 15 is 0 Å². The van der Waals surface area contributed by atoms with Crippen molar-refractivity contribution in [3.63, 3.8) is 0 Å². The molecule has 9 heteroatoms. The van der Waals surface area contributed by atoms with Gasteiger partial charge in [0.15, 0.2) is 18.1 Å². The van der Waals surface area contributed by atoms with Gasteiger partial charge in [0.05, 0.1) is 18.3 Å². The third-order valence-electron chi connectivity index (χ3n) is 5.24. The Labute approximate surface area is 199 Å². The van der Waals surface area contributed by atoms with Gasteiger partial charge in [0.25, 0.3) is 11.5 Å². The van der Waals surface area contributed by atoms with Crippen LogP contribution in [0.15, 0.2) is 59.7 Å². The van der Waals surface area contributed by atoms with Crippen molar-refractivity contribution in [2.24, 2.45) is 0 Å². The van der Waals surface area contributed by atoms with E-state index in [2.05, 4.69) is 4.98 Å². The van der Waals surface area contributed by atoms with Gasteiger partial charge in [0.1, 0.15) is 11.0 Å². The molecule has 2 heterocycles. The summed E-state index contributed by atoms with van der Waals surface area (Å²) in [6.07, 6.45) is 1.50. The molecule has 0 saturated heterocycles. The minimum Gasteiger partial charge on any atom is -0.493 e. The van der Waals surface area contributed by atoms with Gasteiger partial charge in [-0.3, -0.25) is 14.2 Å². The summed E-state index contributed by atoms with van der Waals surface area (Å²) < 4.78 is 13.1. The fourth-order valence-electron chi connectivity index (χ4n) is 3.20. The second-order valence-electron chi connectivity index (χ2n) is 7.28. The van der Waals surface area contributed by atoms with E-state index in [1.165, 1.54) is 29.3 Å². The van der Waals surface area contributed by atoms with E-state index in [0.717, 1.165) is 10.4 Å². The highest BCUT2D eigenvalue weighted by Gasteiger charge is 2.15. The molecule has 4 aromatic rings. The zero-order valence-electron chi connectivity index (χ0n) is 18.4. The summed E-state index contributed by atoms with van der Waals surface area (Å²) in [5.74, 6) is 0.700. The second-order valence-corrected chi connectivity index (χ2v) is 8.77. The van der Waals surface area contributed by atoms with Gasteiger partial charge in [-0.1, -0.05) is 23.7 Å². The molecule has 0 aliphatic heterocycles. The summed E-state index contributed by atoms with van der Waals surface area (Å²) in [5, 5.41) is 0.656. The molecule has 0 aliphatic carbocycles. The van der Waals surface area contributed by atoms with Crippen molar-refractivity contribution in [1.29, 1.82) is 0 Å². The lowest BCUT2D eigenvalue weighted by Gasteiger charge is -2.16. The monoisotopic (exact) mass is 483 g/mol. The zero-order valence-corrected chi connectivity index (χ0v) is 19.9. The molecular weight excluding hydrogens is 462 g/mol. The molecule has 2 aromatic carbocycles. The fraction of sp³-hybridized carbons (Fsp3) is 0.208. The van der Waals surface area contributed by atoms with Crippen LogP contribution in [0.4, 0.5) is 0 Å². The Bertz CT molecular complexity index is 1360. The maximum absolute atomic E-state index is 13.2. The molecule has 0 aliphatic rings. The molecule has 170 valence electrons. The van der Waals surface area contributed by atoms with Crippen LogP contribution in [0.5, 0.6) is 11.5 Å². The van der Waals surface area contributed by atoms with E-state index in [-0.39, 0.29) is 18.1 Å². The summed E-state index contributed by atoms with van der Waals surface area (Å²) in [5.41, 5.74) is 2.01. The van der Waals surface area contributed by atoms with Gasteiger partial charge in [-0.25, -0.2) is 4.98 Å². The Morgan fingerprint density at radius 2 is 1.91 bits per heavy atom. The number of benzene rings is 2. The van der Waals surface area contributed by atoms with Gasteiger partial charge in [-0.05, 0) is 42.8 Å². The van der Waals surface area contributed by atoms with E-state index in [1.807, 2.05) is 37.3 Å². The van der Waals surface area contributed by atoms with Crippen LogP contribution in [-0.4, -0.2) is 47.7 Å². The molecule has 0 radical (unpaired) electrons. The number of thiophene rings is 1. The number of halogens is 1. The van der Waals surface area contributed by atoms with Gasteiger partial charge in [-0.2, -0.15) is 0 Å².